The van der Waals surface area contributed by atoms with Gasteiger partial charge in [-0.15, -0.1) is 0 Å². The molecule has 150 valence electrons. The average molecular weight is 402 g/mol. The van der Waals surface area contributed by atoms with Crippen molar-refractivity contribution in [3.63, 3.8) is 0 Å². The highest BCUT2D eigenvalue weighted by atomic mass is 19.3. The predicted octanol–water partition coefficient (Wildman–Crippen LogP) is 2.88. The quantitative estimate of drug-likeness (QED) is 0.482. The van der Waals surface area contributed by atoms with Crippen LogP contribution in [0, 0.1) is 0 Å². The molecular formula is C20H16F2N2O5. The van der Waals surface area contributed by atoms with E-state index in [1.807, 2.05) is 0 Å². The van der Waals surface area contributed by atoms with Crippen LogP contribution >= 0.6 is 0 Å². The Morgan fingerprint density at radius 2 is 1.72 bits per heavy atom. The number of benzene rings is 2. The molecule has 0 radical (unpaired) electrons. The minimum atomic E-state index is -2.96. The monoisotopic (exact) mass is 402 g/mol. The van der Waals surface area contributed by atoms with Gasteiger partial charge in [0.1, 0.15) is 5.75 Å². The molecule has 1 N–H and O–H groups in total. The van der Waals surface area contributed by atoms with Crippen LogP contribution in [0.1, 0.15) is 23.0 Å². The number of alkyl halides is 2. The zero-order valence-corrected chi connectivity index (χ0v) is 15.2. The molecule has 0 spiro atoms. The first-order valence-electron chi connectivity index (χ1n) is 8.60. The van der Waals surface area contributed by atoms with Crippen molar-refractivity contribution in [2.45, 2.75) is 26.1 Å². The number of aromatic amines is 1. The summed E-state index contributed by atoms with van der Waals surface area (Å²) in [6.45, 7) is -1.56. The fourth-order valence-corrected chi connectivity index (χ4v) is 2.77. The number of rotatable bonds is 7. The van der Waals surface area contributed by atoms with E-state index in [0.717, 1.165) is 0 Å². The molecule has 1 heterocycles. The van der Waals surface area contributed by atoms with Crippen molar-refractivity contribution in [1.29, 1.82) is 0 Å². The van der Waals surface area contributed by atoms with Gasteiger partial charge in [0.15, 0.2) is 6.10 Å². The molecule has 2 aromatic carbocycles. The molecule has 0 aliphatic rings. The van der Waals surface area contributed by atoms with Gasteiger partial charge in [-0.05, 0) is 37.3 Å². The van der Waals surface area contributed by atoms with Crippen molar-refractivity contribution in [2.75, 3.05) is 0 Å². The molecule has 29 heavy (non-hydrogen) atoms. The smallest absolute Gasteiger partial charge is 0.387 e. The summed E-state index contributed by atoms with van der Waals surface area (Å²) in [6, 6.07) is 11.7. The lowest BCUT2D eigenvalue weighted by molar-refractivity contribution is -0.145. The van der Waals surface area contributed by atoms with Crippen LogP contribution in [0.3, 0.4) is 0 Å². The van der Waals surface area contributed by atoms with Crippen molar-refractivity contribution in [1.82, 2.24) is 10.2 Å². The third-order valence-electron chi connectivity index (χ3n) is 4.13. The van der Waals surface area contributed by atoms with Gasteiger partial charge in [-0.1, -0.05) is 18.2 Å². The molecule has 0 bridgehead atoms. The van der Waals surface area contributed by atoms with Gasteiger partial charge in [-0.3, -0.25) is 14.4 Å². The zero-order chi connectivity index (χ0) is 21.0. The largest absolute Gasteiger partial charge is 0.454 e. The SMILES string of the molecule is C[C@@H](OC(=O)Cc1n[nH]c(=O)c2ccccc12)C(=O)c1ccc(OC(F)F)cc1. The highest BCUT2D eigenvalue weighted by molar-refractivity contribution is 6.00. The number of ketones is 1. The van der Waals surface area contributed by atoms with Gasteiger partial charge < -0.3 is 9.47 Å². The van der Waals surface area contributed by atoms with E-state index in [1.165, 1.54) is 31.2 Å². The van der Waals surface area contributed by atoms with Crippen LogP contribution in [0.2, 0.25) is 0 Å². The molecule has 3 rings (SSSR count). The highest BCUT2D eigenvalue weighted by Crippen LogP contribution is 2.17. The summed E-state index contributed by atoms with van der Waals surface area (Å²) in [7, 11) is 0. The number of halogens is 2. The third kappa shape index (κ3) is 4.81. The number of ether oxygens (including phenoxy) is 2. The Balaban J connectivity index is 1.67. The summed E-state index contributed by atoms with van der Waals surface area (Å²) < 4.78 is 33.8. The Morgan fingerprint density at radius 3 is 2.38 bits per heavy atom. The Hall–Kier alpha value is -3.62. The van der Waals surface area contributed by atoms with Crippen molar-refractivity contribution < 1.29 is 27.8 Å². The molecule has 9 heteroatoms. The standard InChI is InChI=1S/C20H16F2N2O5/c1-11(18(26)12-6-8-13(9-7-12)29-20(21)22)28-17(25)10-16-14-4-2-3-5-15(14)19(27)24-23-16/h2-9,11,20H,10H2,1H3,(H,24,27)/t11-/m1/s1. The van der Waals surface area contributed by atoms with E-state index in [1.54, 1.807) is 24.3 Å². The van der Waals surface area contributed by atoms with Gasteiger partial charge in [0.25, 0.3) is 5.56 Å². The lowest BCUT2D eigenvalue weighted by Crippen LogP contribution is -2.26. The van der Waals surface area contributed by atoms with Crippen molar-refractivity contribution in [3.05, 3.63) is 70.1 Å². The number of hydrogen-bond donors (Lipinski definition) is 1. The first-order chi connectivity index (χ1) is 13.8. The van der Waals surface area contributed by atoms with Crippen LogP contribution < -0.4 is 10.3 Å². The van der Waals surface area contributed by atoms with Crippen LogP contribution in [0.4, 0.5) is 8.78 Å². The van der Waals surface area contributed by atoms with E-state index in [-0.39, 0.29) is 23.3 Å². The van der Waals surface area contributed by atoms with Gasteiger partial charge in [-0.25, -0.2) is 5.10 Å². The first kappa shape index (κ1) is 20.1. The molecule has 0 aliphatic carbocycles. The Labute approximate surface area is 163 Å². The molecule has 1 atom stereocenters. The minimum Gasteiger partial charge on any atom is -0.454 e. The number of carbonyl (C=O) groups excluding carboxylic acids is 2. The van der Waals surface area contributed by atoms with Crippen molar-refractivity contribution in [3.8, 4) is 5.75 Å². The minimum absolute atomic E-state index is 0.0859. The number of nitrogens with one attached hydrogen (secondary N) is 1. The number of nitrogens with zero attached hydrogens (tertiary/aromatic N) is 1. The number of Topliss-reactive ketones (excluding diaryl/α,β-unsaturated/α-hetero) is 1. The maximum absolute atomic E-state index is 12.4. The third-order valence-corrected chi connectivity index (χ3v) is 4.13. The van der Waals surface area contributed by atoms with Gasteiger partial charge in [0.2, 0.25) is 5.78 Å². The number of fused-ring (bicyclic) bond motifs is 1. The summed E-state index contributed by atoms with van der Waals surface area (Å²) in [6.07, 6.45) is -1.34. The van der Waals surface area contributed by atoms with Gasteiger partial charge >= 0.3 is 12.6 Å². The Kier molecular flexibility index (Phi) is 5.96. The molecule has 0 unspecified atom stereocenters. The summed E-state index contributed by atoms with van der Waals surface area (Å²) in [5, 5.41) is 7.12. The van der Waals surface area contributed by atoms with E-state index in [9.17, 15) is 23.2 Å². The number of esters is 1. The number of carbonyl (C=O) groups is 2. The molecule has 1 aromatic heterocycles. The summed E-state index contributed by atoms with van der Waals surface area (Å²) in [5.41, 5.74) is 0.124. The van der Waals surface area contributed by atoms with E-state index in [0.29, 0.717) is 16.5 Å². The van der Waals surface area contributed by atoms with Crippen molar-refractivity contribution in [2.24, 2.45) is 0 Å². The summed E-state index contributed by atoms with van der Waals surface area (Å²) >= 11 is 0. The number of H-pyrrole nitrogens is 1. The van der Waals surface area contributed by atoms with Crippen LogP contribution in [-0.4, -0.2) is 34.7 Å². The number of aromatic nitrogens is 2. The predicted molar refractivity (Wildman–Crippen MR) is 99.0 cm³/mol. The summed E-state index contributed by atoms with van der Waals surface area (Å²) in [4.78, 5) is 36.4. The van der Waals surface area contributed by atoms with E-state index in [2.05, 4.69) is 14.9 Å². The molecule has 3 aromatic rings. The zero-order valence-electron chi connectivity index (χ0n) is 15.2. The Morgan fingerprint density at radius 1 is 1.07 bits per heavy atom. The van der Waals surface area contributed by atoms with Crippen LogP contribution in [0.5, 0.6) is 5.75 Å². The summed E-state index contributed by atoms with van der Waals surface area (Å²) in [5.74, 6) is -1.29. The molecule has 0 fully saturated rings. The Bertz CT molecular complexity index is 1100. The number of hydrogen-bond acceptors (Lipinski definition) is 6. The molecule has 0 amide bonds. The molecule has 0 saturated carbocycles. The normalized spacial score (nSPS) is 12.0. The van der Waals surface area contributed by atoms with Crippen LogP contribution in [-0.2, 0) is 16.0 Å². The second-order valence-electron chi connectivity index (χ2n) is 6.12. The van der Waals surface area contributed by atoms with Crippen LogP contribution in [0.25, 0.3) is 10.8 Å². The van der Waals surface area contributed by atoms with Gasteiger partial charge in [0.05, 0.1) is 17.5 Å². The average Bonchev–Trinajstić information content (AvgIpc) is 2.70. The maximum Gasteiger partial charge on any atom is 0.387 e. The van der Waals surface area contributed by atoms with E-state index >= 15 is 0 Å². The van der Waals surface area contributed by atoms with Crippen molar-refractivity contribution >= 4 is 22.5 Å². The lowest BCUT2D eigenvalue weighted by Gasteiger charge is -2.13. The second-order valence-corrected chi connectivity index (χ2v) is 6.12. The highest BCUT2D eigenvalue weighted by Gasteiger charge is 2.21. The topological polar surface area (TPSA) is 98.4 Å². The molecular weight excluding hydrogens is 386 g/mol. The van der Waals surface area contributed by atoms with E-state index < -0.39 is 24.5 Å². The first-order valence-corrected chi connectivity index (χ1v) is 8.60. The molecule has 0 aliphatic heterocycles. The molecule has 0 saturated heterocycles. The van der Waals surface area contributed by atoms with Gasteiger partial charge in [0, 0.05) is 10.9 Å². The van der Waals surface area contributed by atoms with E-state index in [4.69, 9.17) is 4.74 Å². The lowest BCUT2D eigenvalue weighted by atomic mass is 10.1. The van der Waals surface area contributed by atoms with Gasteiger partial charge in [-0.2, -0.15) is 13.9 Å². The van der Waals surface area contributed by atoms with Crippen LogP contribution in [0.15, 0.2) is 53.3 Å². The fraction of sp³-hybridized carbons (Fsp3) is 0.200. The molecule has 7 nitrogen and oxygen atoms in total. The fourth-order valence-electron chi connectivity index (χ4n) is 2.77. The maximum atomic E-state index is 12.4. The second kappa shape index (κ2) is 8.59.